The molecule has 2 aliphatic heterocycles. The zero-order valence-corrected chi connectivity index (χ0v) is 69.2. The molecule has 5 rings (SSSR count). The van der Waals surface area contributed by atoms with Crippen LogP contribution in [0, 0.1) is 29.1 Å². The number of sulfonamides is 5. The summed E-state index contributed by atoms with van der Waals surface area (Å²) in [5.74, 6) is 3.89. The fourth-order valence-corrected chi connectivity index (χ4v) is 9.29. The van der Waals surface area contributed by atoms with Gasteiger partial charge in [0, 0.05) is 63.2 Å². The number of esters is 1. The van der Waals surface area contributed by atoms with Gasteiger partial charge in [0.1, 0.15) is 17.3 Å². The third-order valence-electron chi connectivity index (χ3n) is 13.6. The van der Waals surface area contributed by atoms with E-state index in [0.717, 1.165) is 76.6 Å². The lowest BCUT2D eigenvalue weighted by Crippen LogP contribution is -2.26. The Balaban J connectivity index is -0.000000124. The molecular formula is C67H149N7O18S5. The number of Topliss-reactive ketones (excluding diaryl/α,β-unsaturated/α-hetero) is 3. The van der Waals surface area contributed by atoms with Crippen LogP contribution in [0.1, 0.15) is 261 Å². The first-order valence-corrected chi connectivity index (χ1v) is 42.7. The molecule has 3 aliphatic carbocycles. The van der Waals surface area contributed by atoms with Gasteiger partial charge >= 0.3 is 5.97 Å². The van der Waals surface area contributed by atoms with Crippen molar-refractivity contribution in [3.05, 3.63) is 0 Å². The summed E-state index contributed by atoms with van der Waals surface area (Å²) in [6.45, 7) is 43.3. The van der Waals surface area contributed by atoms with Gasteiger partial charge in [0.15, 0.2) is 0 Å². The van der Waals surface area contributed by atoms with E-state index in [1.807, 2.05) is 55.5 Å². The first-order valence-electron chi connectivity index (χ1n) is 34.5. The van der Waals surface area contributed by atoms with Crippen LogP contribution in [0.4, 0.5) is 0 Å². The van der Waals surface area contributed by atoms with Crippen LogP contribution >= 0.6 is 0 Å². The molecular weight excluding hydrogens is 1350 g/mol. The maximum Gasteiger partial charge on any atom is 0.305 e. The molecule has 590 valence electrons. The Morgan fingerprint density at radius 1 is 0.598 bits per heavy atom. The molecule has 30 heteroatoms. The van der Waals surface area contributed by atoms with Gasteiger partial charge in [-0.3, -0.25) is 19.2 Å². The maximum absolute atomic E-state index is 10.7. The van der Waals surface area contributed by atoms with E-state index in [0.29, 0.717) is 67.7 Å². The van der Waals surface area contributed by atoms with Crippen LogP contribution in [0.25, 0.3) is 0 Å². The quantitative estimate of drug-likeness (QED) is 0.0467. The van der Waals surface area contributed by atoms with Crippen LogP contribution in [0.5, 0.6) is 0 Å². The maximum atomic E-state index is 10.7. The average Bonchev–Trinajstić information content (AvgIpc) is 1.71. The second-order valence-corrected chi connectivity index (χ2v) is 36.1. The van der Waals surface area contributed by atoms with E-state index in [4.69, 9.17) is 9.47 Å². The van der Waals surface area contributed by atoms with E-state index < -0.39 is 50.1 Å². The Bertz CT molecular complexity index is 2460. The van der Waals surface area contributed by atoms with Crippen molar-refractivity contribution in [1.29, 1.82) is 0 Å². The predicted molar refractivity (Wildman–Crippen MR) is 404 cm³/mol. The summed E-state index contributed by atoms with van der Waals surface area (Å²) in [6.07, 6.45) is 19.1. The monoisotopic (exact) mass is 1500 g/mol. The van der Waals surface area contributed by atoms with Crippen LogP contribution in [0.15, 0.2) is 0 Å². The van der Waals surface area contributed by atoms with Gasteiger partial charge < -0.3 is 29.6 Å². The standard InChI is InChI=1S/C8H17NO.C7H14O.C7H16.C6H11NO.C6H10O.C6H12O.C5H10O2.C4H9NO2S.2C4H11NO2S.C4H8O.C3H9NO2S.C2H7NO2S.CH4/c1-8(2)4-7(5-9-3)6-10-8;1-2-7-3-5-8-6-4-7;1-5-6-7(2,3)4;1-2-6(8)7-5-3-4-5;1-2-6(7)5-3-4-5;1-4-6(7)5(2)3;1-3-5(6)7-4-2;1-5-8(6,7)4-2-3-4;1-4(2)8(6,7)5-3;1-3-4-8(6,7)5-2;1-3-4(2)5;1-3-7(5,6)4-2;1-3-6(2,4)5;/h7,9H,4-6H2,1-3H3;7H,2-6H2,1H3;5-6H2,1-4H3;5H,2-4H2,1H3,(H,7,8);5H,2-4H2,1H3;5H,4H2,1-3H3;3-4H2,1-2H3;4-5H,2-3H2,1H3;4-5H,1-3H3;5H,3-4H2,1-2H3;3H2,1-2H3;4H,3H2,1-2H3;3H,1-2H3;1H4. The summed E-state index contributed by atoms with van der Waals surface area (Å²) >= 11 is 0. The zero-order chi connectivity index (χ0) is 77.2. The second-order valence-electron chi connectivity index (χ2n) is 25.3. The fourth-order valence-electron chi connectivity index (χ4n) is 6.70. The van der Waals surface area contributed by atoms with E-state index in [-0.39, 0.29) is 58.6 Å². The Morgan fingerprint density at radius 3 is 1.22 bits per heavy atom. The van der Waals surface area contributed by atoms with Crippen molar-refractivity contribution in [3.63, 3.8) is 0 Å². The highest BCUT2D eigenvalue weighted by Gasteiger charge is 2.34. The van der Waals surface area contributed by atoms with Crippen molar-refractivity contribution >= 4 is 79.3 Å². The summed E-state index contributed by atoms with van der Waals surface area (Å²) in [4.78, 5) is 51.6. The van der Waals surface area contributed by atoms with Gasteiger partial charge in [-0.15, -0.1) is 0 Å². The van der Waals surface area contributed by atoms with Gasteiger partial charge in [-0.2, -0.15) is 0 Å². The molecule has 97 heavy (non-hydrogen) atoms. The third kappa shape index (κ3) is 89.4. The molecule has 5 aliphatic rings. The van der Waals surface area contributed by atoms with Gasteiger partial charge in [-0.25, -0.2) is 65.7 Å². The summed E-state index contributed by atoms with van der Waals surface area (Å²) in [5.41, 5.74) is 0.677. The minimum Gasteiger partial charge on any atom is -0.466 e. The molecule has 25 nitrogen and oxygen atoms in total. The second kappa shape index (κ2) is 65.4. The molecule has 1 atom stereocenters. The number of amides is 1. The molecule has 2 heterocycles. The van der Waals surface area contributed by atoms with Crippen molar-refractivity contribution in [2.45, 2.75) is 284 Å². The first kappa shape index (κ1) is 113. The van der Waals surface area contributed by atoms with E-state index in [9.17, 15) is 66.1 Å². The molecule has 0 radical (unpaired) electrons. The van der Waals surface area contributed by atoms with Crippen molar-refractivity contribution < 1.29 is 80.3 Å². The normalized spacial score (nSPS) is 15.9. The highest BCUT2D eigenvalue weighted by Crippen LogP contribution is 2.31. The van der Waals surface area contributed by atoms with Gasteiger partial charge in [-0.05, 0) is 185 Å². The highest BCUT2D eigenvalue weighted by atomic mass is 32.2. The largest absolute Gasteiger partial charge is 0.466 e. The topological polar surface area (TPSA) is 368 Å². The van der Waals surface area contributed by atoms with Gasteiger partial charge in [0.25, 0.3) is 0 Å². The fraction of sp³-hybridized carbons (Fsp3) is 0.925. The Kier molecular flexibility index (Phi) is 76.1. The molecule has 1 unspecified atom stereocenters. The number of rotatable bonds is 23. The summed E-state index contributed by atoms with van der Waals surface area (Å²) in [5, 5.41) is 5.63. The van der Waals surface area contributed by atoms with Gasteiger partial charge in [0.05, 0.1) is 47.1 Å². The van der Waals surface area contributed by atoms with E-state index in [1.54, 1.807) is 41.5 Å². The van der Waals surface area contributed by atoms with Crippen molar-refractivity contribution in [1.82, 2.24) is 34.2 Å². The van der Waals surface area contributed by atoms with E-state index >= 15 is 0 Å². The third-order valence-corrected chi connectivity index (χ3v) is 21.0. The highest BCUT2D eigenvalue weighted by molar-refractivity contribution is 7.90. The lowest BCUT2D eigenvalue weighted by molar-refractivity contribution is -0.142. The summed E-state index contributed by atoms with van der Waals surface area (Å²) in [6, 6.07) is 0.530. The smallest absolute Gasteiger partial charge is 0.305 e. The van der Waals surface area contributed by atoms with Crippen molar-refractivity contribution in [3.8, 4) is 0 Å². The molecule has 7 N–H and O–H groups in total. The molecule has 0 bridgehead atoms. The minimum absolute atomic E-state index is 0. The Morgan fingerprint density at radius 2 is 1.07 bits per heavy atom. The molecule has 2 saturated heterocycles. The van der Waals surface area contributed by atoms with Crippen LogP contribution < -0.4 is 34.2 Å². The lowest BCUT2D eigenvalue weighted by Gasteiger charge is -2.19. The van der Waals surface area contributed by atoms with Crippen LogP contribution in [-0.2, 0) is 88.3 Å². The Hall–Kier alpha value is -2.62. The predicted octanol–water partition coefficient (Wildman–Crippen LogP) is 10.2. The molecule has 3 saturated carbocycles. The van der Waals surface area contributed by atoms with E-state index in [1.165, 1.54) is 86.6 Å². The minimum atomic E-state index is -2.99. The number of ether oxygens (including phenoxy) is 3. The van der Waals surface area contributed by atoms with E-state index in [2.05, 4.69) is 87.4 Å². The van der Waals surface area contributed by atoms with Gasteiger partial charge in [0.2, 0.25) is 56.0 Å². The number of hydrogen-bond donors (Lipinski definition) is 7. The number of ketones is 3. The number of carbonyl (C=O) groups excluding carboxylic acids is 5. The van der Waals surface area contributed by atoms with Crippen LogP contribution in [0.2, 0.25) is 0 Å². The molecule has 1 amide bonds. The molecule has 0 aromatic carbocycles. The number of nitrogens with one attached hydrogen (secondary N) is 7. The molecule has 5 fully saturated rings. The van der Waals surface area contributed by atoms with Crippen LogP contribution in [0.3, 0.4) is 0 Å². The summed E-state index contributed by atoms with van der Waals surface area (Å²) in [7, 11) is -5.55. The molecule has 0 aromatic rings. The molecule has 0 aromatic heterocycles. The molecule has 0 spiro atoms. The van der Waals surface area contributed by atoms with Crippen LogP contribution in [-0.4, -0.2) is 186 Å². The van der Waals surface area contributed by atoms with Gasteiger partial charge in [-0.1, -0.05) is 110 Å². The average molecular weight is 1500 g/mol. The lowest BCUT2D eigenvalue weighted by atomic mass is 9.91. The van der Waals surface area contributed by atoms with Crippen molar-refractivity contribution in [2.24, 2.45) is 29.1 Å². The zero-order valence-electron chi connectivity index (χ0n) is 65.1. The summed E-state index contributed by atoms with van der Waals surface area (Å²) < 4.78 is 130. The first-order chi connectivity index (χ1) is 44.0. The Labute approximate surface area is 596 Å². The number of carbonyl (C=O) groups is 5. The number of hydrogen-bond acceptors (Lipinski definition) is 19. The van der Waals surface area contributed by atoms with Crippen molar-refractivity contribution in [2.75, 3.05) is 93.0 Å². The SMILES string of the molecule is C.CCC(=O)C(C)C.CCC(=O)C1CC1.CCC(=O)NC1CC1.CCC(C)=O.CCC1CCOCC1.CCCC(C)(C)C.CCCS(=O)(=O)NC.CCOC(=O)CC.CCS(=O)(=O)NC.CNCC1COC(C)(C)C1.CNS(=O)(=O)C(C)C.CNS(=O)(=O)C1CC1.CNS(C)(=O)=O.